The van der Waals surface area contributed by atoms with E-state index in [1.807, 2.05) is 65.5 Å². The van der Waals surface area contributed by atoms with Crippen molar-refractivity contribution in [1.82, 2.24) is 18.8 Å². The molecular weight excluding hydrogens is 442 g/mol. The van der Waals surface area contributed by atoms with Crippen molar-refractivity contribution in [3.8, 4) is 11.3 Å². The highest BCUT2D eigenvalue weighted by atomic mass is 32.2. The third-order valence-electron chi connectivity index (χ3n) is 4.98. The molecule has 0 spiro atoms. The van der Waals surface area contributed by atoms with E-state index in [2.05, 4.69) is 10.3 Å². The molecule has 4 heterocycles. The summed E-state index contributed by atoms with van der Waals surface area (Å²) < 4.78 is 3.53. The Morgan fingerprint density at radius 2 is 2.00 bits per heavy atom. The topological polar surface area (TPSA) is 80.8 Å². The van der Waals surface area contributed by atoms with Gasteiger partial charge in [0.2, 0.25) is 5.91 Å². The molecule has 7 nitrogen and oxygen atoms in total. The van der Waals surface area contributed by atoms with E-state index in [9.17, 15) is 9.59 Å². The number of nitrogens with one attached hydrogen (secondary N) is 1. The number of nitrogens with zero attached hydrogens (tertiary/aromatic N) is 4. The second kappa shape index (κ2) is 8.60. The average molecular weight is 462 g/mol. The van der Waals surface area contributed by atoms with Crippen LogP contribution in [0, 0.1) is 6.92 Å². The maximum Gasteiger partial charge on any atom is 0.258 e. The van der Waals surface area contributed by atoms with Crippen molar-refractivity contribution in [1.29, 1.82) is 0 Å². The SMILES string of the molecule is Cc1cccn2cc(-c3ccc(NC(=O)CSCc4cc(=O)n5ccsc5n4)cc3)nc12. The first-order chi connectivity index (χ1) is 15.6. The molecule has 0 fully saturated rings. The van der Waals surface area contributed by atoms with E-state index >= 15 is 0 Å². The summed E-state index contributed by atoms with van der Waals surface area (Å²) in [4.78, 5) is 34.2. The van der Waals surface area contributed by atoms with Gasteiger partial charge in [-0.2, -0.15) is 0 Å². The largest absolute Gasteiger partial charge is 0.325 e. The van der Waals surface area contributed by atoms with E-state index in [1.54, 1.807) is 6.20 Å². The van der Waals surface area contributed by atoms with E-state index in [0.717, 1.165) is 28.2 Å². The smallest absolute Gasteiger partial charge is 0.258 e. The molecule has 1 amide bonds. The van der Waals surface area contributed by atoms with Crippen LogP contribution in [0.2, 0.25) is 0 Å². The summed E-state index contributed by atoms with van der Waals surface area (Å²) in [7, 11) is 0. The number of aryl methyl sites for hydroxylation is 1. The number of pyridine rings is 1. The molecule has 0 aliphatic rings. The van der Waals surface area contributed by atoms with Gasteiger partial charge in [-0.1, -0.05) is 18.2 Å². The molecular formula is C23H19N5O2S2. The van der Waals surface area contributed by atoms with Crippen LogP contribution in [-0.4, -0.2) is 30.4 Å². The van der Waals surface area contributed by atoms with Crippen molar-refractivity contribution >= 4 is 45.3 Å². The molecule has 0 atom stereocenters. The lowest BCUT2D eigenvalue weighted by Crippen LogP contribution is -2.15. The first kappa shape index (κ1) is 20.5. The van der Waals surface area contributed by atoms with Gasteiger partial charge >= 0.3 is 0 Å². The van der Waals surface area contributed by atoms with Gasteiger partial charge in [0.05, 0.1) is 17.1 Å². The molecule has 9 heteroatoms. The highest BCUT2D eigenvalue weighted by Crippen LogP contribution is 2.22. The fraction of sp³-hybridized carbons (Fsp3) is 0.130. The average Bonchev–Trinajstić information content (AvgIpc) is 3.42. The van der Waals surface area contributed by atoms with Crippen molar-refractivity contribution in [3.63, 3.8) is 0 Å². The molecule has 0 radical (unpaired) electrons. The zero-order valence-electron chi connectivity index (χ0n) is 17.2. The minimum atomic E-state index is -0.0999. The molecule has 1 N–H and O–H groups in total. The number of hydrogen-bond donors (Lipinski definition) is 1. The van der Waals surface area contributed by atoms with E-state index < -0.39 is 0 Å². The number of thiazole rings is 1. The summed E-state index contributed by atoms with van der Waals surface area (Å²) in [6, 6.07) is 13.2. The Bertz CT molecular complexity index is 1480. The van der Waals surface area contributed by atoms with Gasteiger partial charge in [0, 0.05) is 47.0 Å². The number of aromatic nitrogens is 4. The lowest BCUT2D eigenvalue weighted by molar-refractivity contribution is -0.113. The molecule has 4 aromatic heterocycles. The molecule has 5 rings (SSSR count). The third kappa shape index (κ3) is 4.17. The Balaban J connectivity index is 1.19. The van der Waals surface area contributed by atoms with E-state index in [-0.39, 0.29) is 17.2 Å². The third-order valence-corrected chi connectivity index (χ3v) is 6.70. The number of thioether (sulfide) groups is 1. The minimum Gasteiger partial charge on any atom is -0.325 e. The molecule has 1 aromatic carbocycles. The lowest BCUT2D eigenvalue weighted by Gasteiger charge is -2.06. The van der Waals surface area contributed by atoms with Crippen LogP contribution >= 0.6 is 23.1 Å². The first-order valence-electron chi connectivity index (χ1n) is 9.95. The summed E-state index contributed by atoms with van der Waals surface area (Å²) in [5.41, 5.74) is 5.25. The van der Waals surface area contributed by atoms with Gasteiger partial charge in [0.1, 0.15) is 5.65 Å². The van der Waals surface area contributed by atoms with Gasteiger partial charge in [0.15, 0.2) is 4.96 Å². The number of carbonyl (C=O) groups excluding carboxylic acids is 1. The van der Waals surface area contributed by atoms with Crippen LogP contribution in [0.15, 0.2) is 71.2 Å². The molecule has 0 aliphatic carbocycles. The molecule has 0 saturated carbocycles. The molecule has 32 heavy (non-hydrogen) atoms. The zero-order valence-corrected chi connectivity index (χ0v) is 18.8. The summed E-state index contributed by atoms with van der Waals surface area (Å²) in [6.07, 6.45) is 5.69. The second-order valence-corrected chi connectivity index (χ2v) is 9.17. The predicted octanol–water partition coefficient (Wildman–Crippen LogP) is 4.25. The van der Waals surface area contributed by atoms with Gasteiger partial charge in [-0.15, -0.1) is 23.1 Å². The maximum atomic E-state index is 12.3. The second-order valence-electron chi connectivity index (χ2n) is 7.31. The van der Waals surface area contributed by atoms with Crippen LogP contribution < -0.4 is 10.9 Å². The van der Waals surface area contributed by atoms with Crippen LogP contribution in [-0.2, 0) is 10.5 Å². The van der Waals surface area contributed by atoms with Gasteiger partial charge in [-0.3, -0.25) is 14.0 Å². The number of amides is 1. The van der Waals surface area contributed by atoms with E-state index in [0.29, 0.717) is 16.4 Å². The number of rotatable bonds is 6. The fourth-order valence-electron chi connectivity index (χ4n) is 3.42. The number of imidazole rings is 1. The van der Waals surface area contributed by atoms with Crippen molar-refractivity contribution in [2.75, 3.05) is 11.1 Å². The van der Waals surface area contributed by atoms with Gasteiger partial charge < -0.3 is 9.72 Å². The summed E-state index contributed by atoms with van der Waals surface area (Å²) >= 11 is 2.84. The van der Waals surface area contributed by atoms with Crippen LogP contribution in [0.5, 0.6) is 0 Å². The quantitative estimate of drug-likeness (QED) is 0.409. The maximum absolute atomic E-state index is 12.3. The normalized spacial score (nSPS) is 11.3. The number of hydrogen-bond acceptors (Lipinski definition) is 6. The van der Waals surface area contributed by atoms with Crippen LogP contribution in [0.3, 0.4) is 0 Å². The monoisotopic (exact) mass is 461 g/mol. The number of anilines is 1. The molecule has 5 aromatic rings. The predicted molar refractivity (Wildman–Crippen MR) is 129 cm³/mol. The molecule has 0 bridgehead atoms. The Labute approximate surface area is 191 Å². The van der Waals surface area contributed by atoms with Crippen molar-refractivity contribution in [3.05, 3.63) is 88.0 Å². The number of carbonyl (C=O) groups is 1. The van der Waals surface area contributed by atoms with Gasteiger partial charge in [0.25, 0.3) is 5.56 Å². The highest BCUT2D eigenvalue weighted by molar-refractivity contribution is 7.99. The van der Waals surface area contributed by atoms with Gasteiger partial charge in [-0.25, -0.2) is 9.97 Å². The fourth-order valence-corrected chi connectivity index (χ4v) is 4.88. The van der Waals surface area contributed by atoms with Crippen LogP contribution in [0.4, 0.5) is 5.69 Å². The highest BCUT2D eigenvalue weighted by Gasteiger charge is 2.09. The van der Waals surface area contributed by atoms with Crippen LogP contribution in [0.25, 0.3) is 21.9 Å². The number of benzene rings is 1. The van der Waals surface area contributed by atoms with E-state index in [1.165, 1.54) is 33.6 Å². The summed E-state index contributed by atoms with van der Waals surface area (Å²) in [5.74, 6) is 0.683. The summed E-state index contributed by atoms with van der Waals surface area (Å²) in [6.45, 7) is 2.04. The van der Waals surface area contributed by atoms with Crippen molar-refractivity contribution in [2.45, 2.75) is 12.7 Å². The minimum absolute atomic E-state index is 0.0972. The Kier molecular flexibility index (Phi) is 5.50. The summed E-state index contributed by atoms with van der Waals surface area (Å²) in [5, 5.41) is 4.74. The Morgan fingerprint density at radius 3 is 2.81 bits per heavy atom. The molecule has 0 aliphatic heterocycles. The van der Waals surface area contributed by atoms with Crippen molar-refractivity contribution < 1.29 is 4.79 Å². The van der Waals surface area contributed by atoms with Gasteiger partial charge in [-0.05, 0) is 30.7 Å². The standard InChI is InChI=1S/C23H19N5O2S2/c1-15-3-2-8-27-12-19(26-22(15)27)16-4-6-17(7-5-16)24-20(29)14-31-13-18-11-21(30)28-9-10-32-23(28)25-18/h2-12H,13-14H2,1H3,(H,24,29). The number of fused-ring (bicyclic) bond motifs is 2. The van der Waals surface area contributed by atoms with E-state index in [4.69, 9.17) is 4.98 Å². The Hall–Kier alpha value is -3.43. The molecule has 160 valence electrons. The van der Waals surface area contributed by atoms with Crippen molar-refractivity contribution in [2.24, 2.45) is 0 Å². The van der Waals surface area contributed by atoms with Crippen LogP contribution in [0.1, 0.15) is 11.3 Å². The Morgan fingerprint density at radius 1 is 1.16 bits per heavy atom. The molecule has 0 saturated heterocycles. The zero-order chi connectivity index (χ0) is 22.1. The lowest BCUT2D eigenvalue weighted by atomic mass is 10.1. The first-order valence-corrected chi connectivity index (χ1v) is 12.0. The molecule has 0 unspecified atom stereocenters.